The van der Waals surface area contributed by atoms with Crippen LogP contribution in [0.1, 0.15) is 12.1 Å². The van der Waals surface area contributed by atoms with E-state index < -0.39 is 0 Å². The molecule has 0 radical (unpaired) electrons. The molecule has 2 aromatic rings. The van der Waals surface area contributed by atoms with Crippen molar-refractivity contribution in [2.24, 2.45) is 5.73 Å². The molecule has 2 N–H and O–H groups in total. The van der Waals surface area contributed by atoms with E-state index in [1.165, 1.54) is 0 Å². The van der Waals surface area contributed by atoms with E-state index in [4.69, 9.17) is 28.9 Å². The van der Waals surface area contributed by atoms with Gasteiger partial charge in [-0.25, -0.2) is 0 Å². The Balaban J connectivity index is 2.52. The Bertz CT molecular complexity index is 584. The summed E-state index contributed by atoms with van der Waals surface area (Å²) in [6.07, 6.45) is 2.41. The number of pyridine rings is 1. The van der Waals surface area contributed by atoms with Crippen molar-refractivity contribution in [3.63, 3.8) is 0 Å². The third kappa shape index (κ3) is 2.68. The lowest BCUT2D eigenvalue weighted by molar-refractivity contribution is -0.117. The minimum atomic E-state index is -0.350. The molecule has 0 aliphatic rings. The number of primary amides is 1. The number of benzene rings is 1. The first-order chi connectivity index (χ1) is 8.08. The maximum atomic E-state index is 10.8. The maximum Gasteiger partial charge on any atom is 0.217 e. The molecule has 2 rings (SSSR count). The van der Waals surface area contributed by atoms with Gasteiger partial charge in [0, 0.05) is 39.1 Å². The Hall–Kier alpha value is -1.32. The second-order valence-electron chi connectivity index (χ2n) is 3.71. The number of nitrogens with two attached hydrogens (primary N) is 1. The van der Waals surface area contributed by atoms with Crippen LogP contribution in [0.15, 0.2) is 24.4 Å². The van der Waals surface area contributed by atoms with Crippen molar-refractivity contribution in [2.75, 3.05) is 0 Å². The number of hydrogen-bond acceptors (Lipinski definition) is 2. The van der Waals surface area contributed by atoms with Gasteiger partial charge in [0.2, 0.25) is 5.91 Å². The third-order valence-corrected chi connectivity index (χ3v) is 3.02. The zero-order valence-electron chi connectivity index (χ0n) is 8.91. The predicted octanol–water partition coefficient (Wildman–Crippen LogP) is 2.96. The van der Waals surface area contributed by atoms with E-state index in [0.717, 1.165) is 16.5 Å². The monoisotopic (exact) mass is 268 g/mol. The number of carbonyl (C=O) groups excluding carboxylic acids is 1. The van der Waals surface area contributed by atoms with Crippen molar-refractivity contribution < 1.29 is 4.79 Å². The molecule has 0 fully saturated rings. The number of amides is 1. The lowest BCUT2D eigenvalue weighted by Crippen LogP contribution is -2.11. The average molecular weight is 269 g/mol. The largest absolute Gasteiger partial charge is 0.370 e. The van der Waals surface area contributed by atoms with Crippen molar-refractivity contribution in [3.8, 4) is 0 Å². The van der Waals surface area contributed by atoms with Crippen LogP contribution in [0.4, 0.5) is 0 Å². The number of carbonyl (C=O) groups is 1. The lowest BCUT2D eigenvalue weighted by Gasteiger charge is -2.06. The van der Waals surface area contributed by atoms with E-state index in [1.54, 1.807) is 18.3 Å². The average Bonchev–Trinajstić information content (AvgIpc) is 2.26. The molecule has 1 aromatic carbocycles. The summed E-state index contributed by atoms with van der Waals surface area (Å²) in [6, 6.07) is 5.30. The SMILES string of the molecule is NC(=O)CCc1nccc2c(Cl)cc(Cl)cc12. The van der Waals surface area contributed by atoms with Crippen LogP contribution in [0.2, 0.25) is 10.0 Å². The molecule has 1 amide bonds. The molecule has 5 heteroatoms. The molecule has 1 heterocycles. The summed E-state index contributed by atoms with van der Waals surface area (Å²) in [5.41, 5.74) is 5.91. The Kier molecular flexibility index (Phi) is 3.50. The van der Waals surface area contributed by atoms with Gasteiger partial charge >= 0.3 is 0 Å². The summed E-state index contributed by atoms with van der Waals surface area (Å²) in [7, 11) is 0. The van der Waals surface area contributed by atoms with Gasteiger partial charge in [-0.05, 0) is 24.6 Å². The van der Waals surface area contributed by atoms with Gasteiger partial charge in [0.05, 0.1) is 0 Å². The highest BCUT2D eigenvalue weighted by Gasteiger charge is 2.08. The number of nitrogens with zero attached hydrogens (tertiary/aromatic N) is 1. The van der Waals surface area contributed by atoms with Crippen LogP contribution in [-0.4, -0.2) is 10.9 Å². The Morgan fingerprint density at radius 2 is 2.06 bits per heavy atom. The highest BCUT2D eigenvalue weighted by molar-refractivity contribution is 6.38. The van der Waals surface area contributed by atoms with Crippen molar-refractivity contribution in [2.45, 2.75) is 12.8 Å². The minimum Gasteiger partial charge on any atom is -0.370 e. The zero-order valence-corrected chi connectivity index (χ0v) is 10.4. The smallest absolute Gasteiger partial charge is 0.217 e. The molecule has 88 valence electrons. The second-order valence-corrected chi connectivity index (χ2v) is 4.55. The van der Waals surface area contributed by atoms with Gasteiger partial charge < -0.3 is 5.73 Å². The topological polar surface area (TPSA) is 56.0 Å². The van der Waals surface area contributed by atoms with Crippen molar-refractivity contribution in [1.82, 2.24) is 4.98 Å². The first kappa shape index (κ1) is 12.1. The normalized spacial score (nSPS) is 10.7. The summed E-state index contributed by atoms with van der Waals surface area (Å²) in [5, 5.41) is 2.88. The van der Waals surface area contributed by atoms with Gasteiger partial charge in [0.1, 0.15) is 0 Å². The van der Waals surface area contributed by atoms with Crippen LogP contribution < -0.4 is 5.73 Å². The summed E-state index contributed by atoms with van der Waals surface area (Å²) in [4.78, 5) is 15.0. The first-order valence-corrected chi connectivity index (χ1v) is 5.84. The summed E-state index contributed by atoms with van der Waals surface area (Å²) in [5.74, 6) is -0.350. The van der Waals surface area contributed by atoms with E-state index in [9.17, 15) is 4.79 Å². The van der Waals surface area contributed by atoms with Crippen molar-refractivity contribution >= 4 is 39.9 Å². The summed E-state index contributed by atoms with van der Waals surface area (Å²) in [6.45, 7) is 0. The van der Waals surface area contributed by atoms with Crippen LogP contribution in [0.3, 0.4) is 0 Å². The summed E-state index contributed by atoms with van der Waals surface area (Å²) < 4.78 is 0. The Morgan fingerprint density at radius 1 is 1.29 bits per heavy atom. The highest BCUT2D eigenvalue weighted by Crippen LogP contribution is 2.29. The van der Waals surface area contributed by atoms with Gasteiger partial charge in [-0.2, -0.15) is 0 Å². The number of aryl methyl sites for hydroxylation is 1. The van der Waals surface area contributed by atoms with E-state index in [2.05, 4.69) is 4.98 Å². The van der Waals surface area contributed by atoms with E-state index in [-0.39, 0.29) is 12.3 Å². The minimum absolute atomic E-state index is 0.260. The number of rotatable bonds is 3. The van der Waals surface area contributed by atoms with Gasteiger partial charge in [-0.3, -0.25) is 9.78 Å². The standard InChI is InChI=1S/C12H10Cl2N2O/c13-7-5-9-8(10(14)6-7)3-4-16-11(9)1-2-12(15)17/h3-6H,1-2H2,(H2,15,17). The van der Waals surface area contributed by atoms with Gasteiger partial charge in [0.15, 0.2) is 0 Å². The molecule has 17 heavy (non-hydrogen) atoms. The van der Waals surface area contributed by atoms with E-state index in [0.29, 0.717) is 16.5 Å². The fourth-order valence-electron chi connectivity index (χ4n) is 1.71. The molecule has 0 saturated carbocycles. The number of halogens is 2. The fraction of sp³-hybridized carbons (Fsp3) is 0.167. The van der Waals surface area contributed by atoms with Crippen molar-refractivity contribution in [3.05, 3.63) is 40.1 Å². The molecule has 1 aromatic heterocycles. The van der Waals surface area contributed by atoms with Crippen LogP contribution >= 0.6 is 23.2 Å². The number of aromatic nitrogens is 1. The molecule has 0 unspecified atom stereocenters. The van der Waals surface area contributed by atoms with Gasteiger partial charge in [0.25, 0.3) is 0 Å². The third-order valence-electron chi connectivity index (χ3n) is 2.48. The quantitative estimate of drug-likeness (QED) is 0.931. The molecule has 3 nitrogen and oxygen atoms in total. The van der Waals surface area contributed by atoms with Crippen LogP contribution in [0.5, 0.6) is 0 Å². The van der Waals surface area contributed by atoms with Crippen molar-refractivity contribution in [1.29, 1.82) is 0 Å². The van der Waals surface area contributed by atoms with Gasteiger partial charge in [-0.1, -0.05) is 23.2 Å². The van der Waals surface area contributed by atoms with E-state index >= 15 is 0 Å². The molecule has 0 bridgehead atoms. The van der Waals surface area contributed by atoms with Gasteiger partial charge in [-0.15, -0.1) is 0 Å². The lowest BCUT2D eigenvalue weighted by atomic mass is 10.1. The highest BCUT2D eigenvalue weighted by atomic mass is 35.5. The van der Waals surface area contributed by atoms with Crippen LogP contribution in [0.25, 0.3) is 10.8 Å². The van der Waals surface area contributed by atoms with Crippen LogP contribution in [-0.2, 0) is 11.2 Å². The number of hydrogen-bond donors (Lipinski definition) is 1. The Labute approximate surface area is 109 Å². The Morgan fingerprint density at radius 3 is 2.76 bits per heavy atom. The van der Waals surface area contributed by atoms with E-state index in [1.807, 2.05) is 6.07 Å². The second kappa shape index (κ2) is 4.90. The molecular formula is C12H10Cl2N2O. The molecule has 0 saturated heterocycles. The fourth-order valence-corrected chi connectivity index (χ4v) is 2.26. The first-order valence-electron chi connectivity index (χ1n) is 5.09. The molecule has 0 spiro atoms. The van der Waals surface area contributed by atoms with Crippen LogP contribution in [0, 0.1) is 0 Å². The molecule has 0 aliphatic carbocycles. The molecular weight excluding hydrogens is 259 g/mol. The summed E-state index contributed by atoms with van der Waals surface area (Å²) >= 11 is 12.0. The zero-order chi connectivity index (χ0) is 12.4. The maximum absolute atomic E-state index is 10.8. The predicted molar refractivity (Wildman–Crippen MR) is 69.3 cm³/mol. The molecule has 0 aliphatic heterocycles. The number of fused-ring (bicyclic) bond motifs is 1. The molecule has 0 atom stereocenters.